The fraction of sp³-hybridized carbons (Fsp3) is 0.222. The summed E-state index contributed by atoms with van der Waals surface area (Å²) in [5.74, 6) is 0. The minimum absolute atomic E-state index is 0. The molecule has 1 aromatic carbocycles. The van der Waals surface area contributed by atoms with Crippen LogP contribution in [-0.2, 0) is 14.3 Å². The average Bonchev–Trinajstić information content (AvgIpc) is 2.07. The number of rotatable bonds is 2. The summed E-state index contributed by atoms with van der Waals surface area (Å²) < 4.78 is 26.7. The van der Waals surface area contributed by atoms with Crippen molar-refractivity contribution in [3.8, 4) is 0 Å². The second-order valence-corrected chi connectivity index (χ2v) is 4.52. The molecule has 1 aromatic rings. The maximum absolute atomic E-state index is 11.4. The van der Waals surface area contributed by atoms with Gasteiger partial charge in [0.25, 0.3) is 0 Å². The van der Waals surface area contributed by atoms with Gasteiger partial charge in [-0.1, -0.05) is 12.1 Å². The van der Waals surface area contributed by atoms with Crippen molar-refractivity contribution in [2.75, 3.05) is 0 Å². The monoisotopic (exact) mass is 253 g/mol. The van der Waals surface area contributed by atoms with Gasteiger partial charge in [0, 0.05) is 29.6 Å². The molecule has 0 saturated heterocycles. The standard InChI is InChI=1S/C9H10O5S.Na/c1-6-4-3-5-8(7(6)2)15(12,13)14-9(10)11;/h3-5H,1-2H3,(H,10,11);. The fourth-order valence-corrected chi connectivity index (χ4v) is 2.19. The van der Waals surface area contributed by atoms with E-state index in [-0.39, 0.29) is 34.5 Å². The largest absolute Gasteiger partial charge is 0.522 e. The quantitative estimate of drug-likeness (QED) is 0.634. The van der Waals surface area contributed by atoms with E-state index in [1.165, 1.54) is 12.1 Å². The van der Waals surface area contributed by atoms with Crippen LogP contribution in [0.4, 0.5) is 4.79 Å². The van der Waals surface area contributed by atoms with Gasteiger partial charge in [-0.3, -0.25) is 0 Å². The molecule has 0 spiro atoms. The smallest absolute Gasteiger partial charge is 0.449 e. The molecule has 0 aliphatic heterocycles. The van der Waals surface area contributed by atoms with Crippen LogP contribution in [0.1, 0.15) is 11.1 Å². The van der Waals surface area contributed by atoms with Crippen molar-refractivity contribution in [3.63, 3.8) is 0 Å². The summed E-state index contributed by atoms with van der Waals surface area (Å²) >= 11 is 0. The minimum Gasteiger partial charge on any atom is -0.449 e. The zero-order chi connectivity index (χ0) is 11.6. The van der Waals surface area contributed by atoms with Gasteiger partial charge in [0.2, 0.25) is 0 Å². The van der Waals surface area contributed by atoms with Gasteiger partial charge in [-0.25, -0.2) is 4.79 Å². The van der Waals surface area contributed by atoms with Crippen molar-refractivity contribution < 1.29 is 22.5 Å². The molecule has 0 aliphatic carbocycles. The van der Waals surface area contributed by atoms with Gasteiger partial charge in [-0.05, 0) is 31.0 Å². The molecule has 83 valence electrons. The van der Waals surface area contributed by atoms with E-state index >= 15 is 0 Å². The maximum atomic E-state index is 11.4. The van der Waals surface area contributed by atoms with Crippen LogP contribution in [0, 0.1) is 13.8 Å². The Bertz CT molecular complexity index is 495. The van der Waals surface area contributed by atoms with E-state index in [0.717, 1.165) is 5.56 Å². The molecule has 16 heavy (non-hydrogen) atoms. The third kappa shape index (κ3) is 3.48. The molecule has 0 amide bonds. The summed E-state index contributed by atoms with van der Waals surface area (Å²) in [5.41, 5.74) is 1.24. The first-order valence-electron chi connectivity index (χ1n) is 4.08. The van der Waals surface area contributed by atoms with E-state index in [1.807, 2.05) is 0 Å². The number of hydrogen-bond acceptors (Lipinski definition) is 4. The molecule has 0 aliphatic rings. The number of carbonyl (C=O) groups is 1. The fourth-order valence-electron chi connectivity index (χ4n) is 1.13. The Morgan fingerprint density at radius 3 is 2.38 bits per heavy atom. The summed E-state index contributed by atoms with van der Waals surface area (Å²) in [6.07, 6.45) is -1.84. The molecule has 0 fully saturated rings. The van der Waals surface area contributed by atoms with Crippen LogP contribution in [0.25, 0.3) is 0 Å². The molecular weight excluding hydrogens is 243 g/mol. The van der Waals surface area contributed by atoms with Gasteiger partial charge in [-0.2, -0.15) is 8.42 Å². The molecule has 0 unspecified atom stereocenters. The summed E-state index contributed by atoms with van der Waals surface area (Å²) in [4.78, 5) is 10.1. The number of carboxylic acid groups (broad SMARTS) is 1. The Labute approximate surface area is 116 Å². The van der Waals surface area contributed by atoms with Gasteiger partial charge < -0.3 is 9.29 Å². The third-order valence-corrected chi connectivity index (χ3v) is 3.35. The van der Waals surface area contributed by atoms with Crippen molar-refractivity contribution in [2.24, 2.45) is 0 Å². The Hall–Kier alpha value is -0.560. The van der Waals surface area contributed by atoms with Crippen LogP contribution in [0.2, 0.25) is 0 Å². The Morgan fingerprint density at radius 1 is 1.31 bits per heavy atom. The van der Waals surface area contributed by atoms with E-state index in [1.54, 1.807) is 19.9 Å². The van der Waals surface area contributed by atoms with Crippen molar-refractivity contribution in [3.05, 3.63) is 29.3 Å². The molecule has 0 aromatic heterocycles. The first-order valence-corrected chi connectivity index (χ1v) is 5.49. The Balaban J connectivity index is 0.00000225. The molecule has 1 N–H and O–H groups in total. The molecule has 1 radical (unpaired) electrons. The van der Waals surface area contributed by atoms with Crippen LogP contribution in [0.15, 0.2) is 23.1 Å². The van der Waals surface area contributed by atoms with Crippen LogP contribution in [0.3, 0.4) is 0 Å². The molecule has 0 bridgehead atoms. The van der Waals surface area contributed by atoms with Crippen molar-refractivity contribution in [2.45, 2.75) is 18.7 Å². The van der Waals surface area contributed by atoms with Gasteiger partial charge in [0.15, 0.2) is 0 Å². The van der Waals surface area contributed by atoms with Crippen molar-refractivity contribution in [1.82, 2.24) is 0 Å². The molecule has 0 heterocycles. The molecule has 1 rings (SSSR count). The molecule has 0 atom stereocenters. The molecule has 0 saturated carbocycles. The summed E-state index contributed by atoms with van der Waals surface area (Å²) in [5, 5.41) is 8.27. The van der Waals surface area contributed by atoms with Gasteiger partial charge in [0.05, 0.1) is 0 Å². The Kier molecular flexibility index (Phi) is 5.48. The zero-order valence-corrected chi connectivity index (χ0v) is 12.0. The van der Waals surface area contributed by atoms with Crippen LogP contribution in [0.5, 0.6) is 0 Å². The van der Waals surface area contributed by atoms with Crippen molar-refractivity contribution >= 4 is 45.8 Å². The molecular formula is C9H10NaO5S. The number of aryl methyl sites for hydroxylation is 1. The average molecular weight is 253 g/mol. The van der Waals surface area contributed by atoms with E-state index in [0.29, 0.717) is 5.56 Å². The summed E-state index contributed by atoms with van der Waals surface area (Å²) in [7, 11) is -4.21. The second-order valence-electron chi connectivity index (χ2n) is 3.00. The topological polar surface area (TPSA) is 80.7 Å². The first-order chi connectivity index (χ1) is 6.84. The summed E-state index contributed by atoms with van der Waals surface area (Å²) in [6.45, 7) is 3.32. The number of benzene rings is 1. The SMILES string of the molecule is Cc1cccc(S(=O)(=O)OC(=O)O)c1C.[Na]. The predicted octanol–water partition coefficient (Wildman–Crippen LogP) is 1.31. The molecule has 7 heteroatoms. The van der Waals surface area contributed by atoms with Gasteiger partial charge in [-0.15, -0.1) is 0 Å². The Morgan fingerprint density at radius 2 is 1.88 bits per heavy atom. The minimum atomic E-state index is -4.21. The van der Waals surface area contributed by atoms with E-state index in [2.05, 4.69) is 4.18 Å². The van der Waals surface area contributed by atoms with E-state index in [4.69, 9.17) is 5.11 Å². The van der Waals surface area contributed by atoms with E-state index < -0.39 is 16.3 Å². The predicted molar refractivity (Wildman–Crippen MR) is 58.0 cm³/mol. The third-order valence-electron chi connectivity index (χ3n) is 2.01. The van der Waals surface area contributed by atoms with E-state index in [9.17, 15) is 13.2 Å². The second kappa shape index (κ2) is 5.67. The van der Waals surface area contributed by atoms with Crippen LogP contribution in [-0.4, -0.2) is 49.2 Å². The van der Waals surface area contributed by atoms with Crippen molar-refractivity contribution in [1.29, 1.82) is 0 Å². The normalized spacial score (nSPS) is 10.4. The van der Waals surface area contributed by atoms with Gasteiger partial charge >= 0.3 is 16.3 Å². The van der Waals surface area contributed by atoms with Crippen LogP contribution < -0.4 is 0 Å². The zero-order valence-electron chi connectivity index (χ0n) is 9.22. The summed E-state index contributed by atoms with van der Waals surface area (Å²) in [6, 6.07) is 4.57. The maximum Gasteiger partial charge on any atom is 0.522 e. The number of hydrogen-bond donors (Lipinski definition) is 1. The van der Waals surface area contributed by atoms with Crippen LogP contribution >= 0.6 is 0 Å². The first kappa shape index (κ1) is 15.4. The van der Waals surface area contributed by atoms with Gasteiger partial charge in [0.1, 0.15) is 4.90 Å². The molecule has 5 nitrogen and oxygen atoms in total.